The summed E-state index contributed by atoms with van der Waals surface area (Å²) in [6.07, 6.45) is -0.0499. The Bertz CT molecular complexity index is 800. The van der Waals surface area contributed by atoms with Crippen LogP contribution in [0.1, 0.15) is 6.42 Å². The van der Waals surface area contributed by atoms with Crippen molar-refractivity contribution in [2.75, 3.05) is 11.9 Å². The van der Waals surface area contributed by atoms with Crippen LogP contribution in [-0.2, 0) is 14.9 Å². The van der Waals surface area contributed by atoms with Gasteiger partial charge in [0.1, 0.15) is 5.75 Å². The summed E-state index contributed by atoms with van der Waals surface area (Å²) in [5.74, 6) is -1.22. The van der Waals surface area contributed by atoms with Gasteiger partial charge in [0.15, 0.2) is 0 Å². The molecule has 7 nitrogen and oxygen atoms in total. The van der Waals surface area contributed by atoms with Gasteiger partial charge in [-0.2, -0.15) is 8.42 Å². The van der Waals surface area contributed by atoms with E-state index in [0.29, 0.717) is 16.5 Å². The lowest BCUT2D eigenvalue weighted by molar-refractivity contribution is -0.136. The van der Waals surface area contributed by atoms with Gasteiger partial charge in [-0.1, -0.05) is 6.07 Å². The first-order valence-electron chi connectivity index (χ1n) is 5.97. The lowest BCUT2D eigenvalue weighted by atomic mass is 10.1. The minimum atomic E-state index is -4.39. The molecule has 0 heterocycles. The number of phenolic OH excluding ortho intramolecular Hbond substituents is 1. The van der Waals surface area contributed by atoms with Crippen LogP contribution in [0.4, 0.5) is 5.69 Å². The van der Waals surface area contributed by atoms with Gasteiger partial charge in [0.05, 0.1) is 11.3 Å². The van der Waals surface area contributed by atoms with Crippen LogP contribution in [0.5, 0.6) is 5.75 Å². The molecule has 2 aromatic rings. The molecule has 0 spiro atoms. The predicted molar refractivity (Wildman–Crippen MR) is 76.2 cm³/mol. The highest BCUT2D eigenvalue weighted by atomic mass is 32.2. The van der Waals surface area contributed by atoms with Crippen molar-refractivity contribution in [2.24, 2.45) is 0 Å². The molecule has 0 atom stereocenters. The molecule has 2 aromatic carbocycles. The molecule has 0 aliphatic heterocycles. The van der Waals surface area contributed by atoms with Crippen LogP contribution in [-0.4, -0.2) is 35.7 Å². The zero-order valence-electron chi connectivity index (χ0n) is 10.8. The fraction of sp³-hybridized carbons (Fsp3) is 0.154. The van der Waals surface area contributed by atoms with Crippen molar-refractivity contribution in [1.82, 2.24) is 0 Å². The third-order valence-electron chi connectivity index (χ3n) is 2.87. The number of nitrogens with one attached hydrogen (secondary N) is 1. The standard InChI is InChI=1S/C13H13NO6S/c15-12-7-10(21(18,19)20)5-8-1-2-9(6-11(8)12)14-4-3-13(16)17/h1-2,5-7,14-15H,3-4H2,(H,16,17)(H,18,19,20). The Morgan fingerprint density at radius 2 is 1.90 bits per heavy atom. The summed E-state index contributed by atoms with van der Waals surface area (Å²) in [6, 6.07) is 6.95. The SMILES string of the molecule is O=C(O)CCNc1ccc2cc(S(=O)(=O)O)cc(O)c2c1. The van der Waals surface area contributed by atoms with Crippen LogP contribution >= 0.6 is 0 Å². The molecule has 2 rings (SSSR count). The number of anilines is 1. The first-order valence-corrected chi connectivity index (χ1v) is 7.41. The Kier molecular flexibility index (Phi) is 4.01. The van der Waals surface area contributed by atoms with E-state index in [2.05, 4.69) is 5.32 Å². The Morgan fingerprint density at radius 1 is 1.19 bits per heavy atom. The van der Waals surface area contributed by atoms with E-state index in [0.717, 1.165) is 6.07 Å². The van der Waals surface area contributed by atoms with Crippen LogP contribution < -0.4 is 5.32 Å². The van der Waals surface area contributed by atoms with E-state index in [-0.39, 0.29) is 23.6 Å². The third-order valence-corrected chi connectivity index (χ3v) is 3.70. The number of fused-ring (bicyclic) bond motifs is 1. The van der Waals surface area contributed by atoms with Gasteiger partial charge >= 0.3 is 5.97 Å². The molecule has 4 N–H and O–H groups in total. The van der Waals surface area contributed by atoms with Gasteiger partial charge in [0, 0.05) is 23.7 Å². The number of carboxylic acids is 1. The average molecular weight is 311 g/mol. The number of hydrogen-bond donors (Lipinski definition) is 4. The van der Waals surface area contributed by atoms with Crippen LogP contribution in [0.2, 0.25) is 0 Å². The van der Waals surface area contributed by atoms with E-state index in [1.165, 1.54) is 6.07 Å². The van der Waals surface area contributed by atoms with Crippen molar-refractivity contribution in [2.45, 2.75) is 11.3 Å². The van der Waals surface area contributed by atoms with Crippen molar-refractivity contribution in [3.8, 4) is 5.75 Å². The zero-order chi connectivity index (χ0) is 15.6. The number of benzene rings is 2. The maximum Gasteiger partial charge on any atom is 0.305 e. The van der Waals surface area contributed by atoms with Crippen molar-refractivity contribution in [3.63, 3.8) is 0 Å². The molecular formula is C13H13NO6S. The lowest BCUT2D eigenvalue weighted by Crippen LogP contribution is -2.07. The maximum absolute atomic E-state index is 11.1. The molecule has 0 amide bonds. The van der Waals surface area contributed by atoms with Gasteiger partial charge in [-0.15, -0.1) is 0 Å². The topological polar surface area (TPSA) is 124 Å². The van der Waals surface area contributed by atoms with Gasteiger partial charge in [-0.25, -0.2) is 0 Å². The second-order valence-electron chi connectivity index (χ2n) is 4.42. The minimum absolute atomic E-state index is 0.0499. The normalized spacial score (nSPS) is 11.5. The number of carboxylic acid groups (broad SMARTS) is 1. The molecule has 112 valence electrons. The van der Waals surface area contributed by atoms with Crippen molar-refractivity contribution in [1.29, 1.82) is 0 Å². The quantitative estimate of drug-likeness (QED) is 0.619. The molecule has 0 radical (unpaired) electrons. The summed E-state index contributed by atoms with van der Waals surface area (Å²) in [5, 5.41) is 22.1. The highest BCUT2D eigenvalue weighted by Crippen LogP contribution is 2.30. The zero-order valence-corrected chi connectivity index (χ0v) is 11.6. The summed E-state index contributed by atoms with van der Waals surface area (Å²) in [5.41, 5.74) is 0.596. The second kappa shape index (κ2) is 5.58. The minimum Gasteiger partial charge on any atom is -0.507 e. The fourth-order valence-corrected chi connectivity index (χ4v) is 2.42. The largest absolute Gasteiger partial charge is 0.507 e. The Balaban J connectivity index is 2.36. The number of phenols is 1. The lowest BCUT2D eigenvalue weighted by Gasteiger charge is -2.08. The van der Waals surface area contributed by atoms with Crippen LogP contribution in [0, 0.1) is 0 Å². The summed E-state index contributed by atoms with van der Waals surface area (Å²) in [7, 11) is -4.39. The van der Waals surface area contributed by atoms with Gasteiger partial charge in [-0.05, 0) is 23.6 Å². The number of hydrogen-bond acceptors (Lipinski definition) is 5. The highest BCUT2D eigenvalue weighted by Gasteiger charge is 2.13. The molecule has 0 aliphatic rings. The summed E-state index contributed by atoms with van der Waals surface area (Å²) in [6.45, 7) is 0.227. The van der Waals surface area contributed by atoms with Crippen molar-refractivity contribution in [3.05, 3.63) is 30.3 Å². The number of aliphatic carboxylic acids is 1. The molecule has 0 bridgehead atoms. The van der Waals surface area contributed by atoms with Crippen LogP contribution in [0.3, 0.4) is 0 Å². The molecule has 0 unspecified atom stereocenters. The first kappa shape index (κ1) is 15.1. The second-order valence-corrected chi connectivity index (χ2v) is 5.85. The van der Waals surface area contributed by atoms with Gasteiger partial charge in [0.2, 0.25) is 0 Å². The van der Waals surface area contributed by atoms with Gasteiger partial charge in [-0.3, -0.25) is 9.35 Å². The first-order chi connectivity index (χ1) is 9.77. The predicted octanol–water partition coefficient (Wildman–Crippen LogP) is 1.68. The van der Waals surface area contributed by atoms with E-state index in [9.17, 15) is 18.3 Å². The van der Waals surface area contributed by atoms with Gasteiger partial charge in [0.25, 0.3) is 10.1 Å². The Labute approximate surface area is 120 Å². The molecule has 0 saturated carbocycles. The summed E-state index contributed by atoms with van der Waals surface area (Å²) in [4.78, 5) is 10.0. The molecule has 21 heavy (non-hydrogen) atoms. The Hall–Kier alpha value is -2.32. The van der Waals surface area contributed by atoms with E-state index < -0.39 is 16.1 Å². The Morgan fingerprint density at radius 3 is 2.52 bits per heavy atom. The molecule has 0 aliphatic carbocycles. The molecule has 0 fully saturated rings. The van der Waals surface area contributed by atoms with E-state index >= 15 is 0 Å². The monoisotopic (exact) mass is 311 g/mol. The van der Waals surface area contributed by atoms with Crippen molar-refractivity contribution >= 4 is 32.5 Å². The van der Waals surface area contributed by atoms with Crippen LogP contribution in [0.15, 0.2) is 35.2 Å². The summed E-state index contributed by atoms with van der Waals surface area (Å²) >= 11 is 0. The smallest absolute Gasteiger partial charge is 0.305 e. The molecule has 8 heteroatoms. The van der Waals surface area contributed by atoms with Gasteiger partial charge < -0.3 is 15.5 Å². The number of carbonyl (C=O) groups is 1. The molecular weight excluding hydrogens is 298 g/mol. The van der Waals surface area contributed by atoms with E-state index in [1.54, 1.807) is 18.2 Å². The van der Waals surface area contributed by atoms with E-state index in [1.807, 2.05) is 0 Å². The van der Waals surface area contributed by atoms with Crippen LogP contribution in [0.25, 0.3) is 10.8 Å². The van der Waals surface area contributed by atoms with Crippen molar-refractivity contribution < 1.29 is 28.0 Å². The van der Waals surface area contributed by atoms with E-state index in [4.69, 9.17) is 9.66 Å². The molecule has 0 aromatic heterocycles. The highest BCUT2D eigenvalue weighted by molar-refractivity contribution is 7.85. The maximum atomic E-state index is 11.1. The molecule has 0 saturated heterocycles. The third kappa shape index (κ3) is 3.61. The number of aromatic hydroxyl groups is 1. The summed E-state index contributed by atoms with van der Waals surface area (Å²) < 4.78 is 31.1. The fourth-order valence-electron chi connectivity index (χ4n) is 1.88. The number of rotatable bonds is 5. The average Bonchev–Trinajstić information content (AvgIpc) is 2.37.